The summed E-state index contributed by atoms with van der Waals surface area (Å²) in [5.74, 6) is 0.697. The molecule has 22 heavy (non-hydrogen) atoms. The van der Waals surface area contributed by atoms with Crippen LogP contribution in [0.25, 0.3) is 0 Å². The minimum atomic E-state index is -0.140. The molecule has 0 atom stereocenters. The number of nitrogens with one attached hydrogen (secondary N) is 2. The Bertz CT molecular complexity index is 475. The number of likely N-dealkylation sites (N-methyl/N-ethyl adjacent to an activating group) is 1. The van der Waals surface area contributed by atoms with Crippen LogP contribution in [0.5, 0.6) is 5.75 Å². The van der Waals surface area contributed by atoms with Crippen LogP contribution in [0.15, 0.2) is 24.3 Å². The van der Waals surface area contributed by atoms with Crippen LogP contribution in [0, 0.1) is 0 Å². The second-order valence-corrected chi connectivity index (χ2v) is 5.73. The van der Waals surface area contributed by atoms with E-state index in [1.54, 1.807) is 4.90 Å². The highest BCUT2D eigenvalue weighted by Crippen LogP contribution is 2.16. The lowest BCUT2D eigenvalue weighted by atomic mass is 10.2. The van der Waals surface area contributed by atoms with Gasteiger partial charge >= 0.3 is 0 Å². The first-order valence-electron chi connectivity index (χ1n) is 7.49. The van der Waals surface area contributed by atoms with Crippen molar-refractivity contribution in [2.75, 3.05) is 32.6 Å². The molecular weight excluding hydrogens is 298 g/mol. The van der Waals surface area contributed by atoms with E-state index in [1.807, 2.05) is 38.4 Å². The number of ether oxygens (including phenoxy) is 1. The minimum Gasteiger partial charge on any atom is -0.494 e. The van der Waals surface area contributed by atoms with Gasteiger partial charge in [0.15, 0.2) is 5.11 Å². The van der Waals surface area contributed by atoms with Gasteiger partial charge in [-0.25, -0.2) is 0 Å². The quantitative estimate of drug-likeness (QED) is 0.569. The van der Waals surface area contributed by atoms with E-state index < -0.39 is 0 Å². The number of anilines is 1. The minimum absolute atomic E-state index is 0.140. The van der Waals surface area contributed by atoms with Gasteiger partial charge in [-0.2, -0.15) is 0 Å². The summed E-state index contributed by atoms with van der Waals surface area (Å²) in [5, 5.41) is 5.90. The molecule has 0 radical (unpaired) electrons. The fourth-order valence-electron chi connectivity index (χ4n) is 1.79. The Morgan fingerprint density at radius 1 is 1.23 bits per heavy atom. The summed E-state index contributed by atoms with van der Waals surface area (Å²) in [5.41, 5.74) is 0.816. The molecule has 0 saturated heterocycles. The molecule has 0 aromatic heterocycles. The van der Waals surface area contributed by atoms with Crippen molar-refractivity contribution in [1.29, 1.82) is 0 Å². The Morgan fingerprint density at radius 3 is 2.50 bits per heavy atom. The molecule has 0 aliphatic rings. The molecule has 0 spiro atoms. The lowest BCUT2D eigenvalue weighted by molar-refractivity contribution is -0.120. The SMILES string of the molecule is CCCCCOc1ccc(NC(=S)NC(=O)CN(C)C)cc1. The normalized spacial score (nSPS) is 10.4. The third kappa shape index (κ3) is 7.95. The molecule has 1 aromatic carbocycles. The fourth-order valence-corrected chi connectivity index (χ4v) is 2.02. The zero-order valence-corrected chi connectivity index (χ0v) is 14.3. The van der Waals surface area contributed by atoms with Crippen LogP contribution in [0.1, 0.15) is 26.2 Å². The Kier molecular flexibility index (Phi) is 8.47. The summed E-state index contributed by atoms with van der Waals surface area (Å²) < 4.78 is 5.64. The number of unbranched alkanes of at least 4 members (excludes halogenated alkanes) is 2. The van der Waals surface area contributed by atoms with E-state index in [4.69, 9.17) is 17.0 Å². The van der Waals surface area contributed by atoms with Crippen LogP contribution < -0.4 is 15.4 Å². The number of carbonyl (C=O) groups excluding carboxylic acids is 1. The second kappa shape index (κ2) is 10.1. The molecule has 1 aromatic rings. The number of hydrogen-bond donors (Lipinski definition) is 2. The molecular formula is C16H25N3O2S. The summed E-state index contributed by atoms with van der Waals surface area (Å²) in [6.07, 6.45) is 3.43. The van der Waals surface area contributed by atoms with E-state index in [1.165, 1.54) is 12.8 Å². The summed E-state index contributed by atoms with van der Waals surface area (Å²) in [6.45, 7) is 3.20. The third-order valence-electron chi connectivity index (χ3n) is 2.84. The van der Waals surface area contributed by atoms with Crippen molar-refractivity contribution in [2.45, 2.75) is 26.2 Å². The van der Waals surface area contributed by atoms with Gasteiger partial charge in [0.05, 0.1) is 13.2 Å². The van der Waals surface area contributed by atoms with Crippen molar-refractivity contribution in [3.8, 4) is 5.75 Å². The van der Waals surface area contributed by atoms with Crippen molar-refractivity contribution in [3.05, 3.63) is 24.3 Å². The standard InChI is InChI=1S/C16H25N3O2S/c1-4-5-6-11-21-14-9-7-13(8-10-14)17-16(22)18-15(20)12-19(2)3/h7-10H,4-6,11-12H2,1-3H3,(H2,17,18,20,22). The van der Waals surface area contributed by atoms with Crippen molar-refractivity contribution in [3.63, 3.8) is 0 Å². The Hall–Kier alpha value is -1.66. The lowest BCUT2D eigenvalue weighted by Crippen LogP contribution is -2.39. The van der Waals surface area contributed by atoms with Gasteiger partial charge in [0.25, 0.3) is 0 Å². The maximum atomic E-state index is 11.6. The maximum Gasteiger partial charge on any atom is 0.240 e. The van der Waals surface area contributed by atoms with Crippen molar-refractivity contribution >= 4 is 28.9 Å². The first-order valence-corrected chi connectivity index (χ1v) is 7.90. The average molecular weight is 323 g/mol. The van der Waals surface area contributed by atoms with Gasteiger partial charge in [-0.05, 0) is 57.0 Å². The highest BCUT2D eigenvalue weighted by molar-refractivity contribution is 7.80. The van der Waals surface area contributed by atoms with E-state index in [2.05, 4.69) is 17.6 Å². The molecule has 0 aliphatic heterocycles. The van der Waals surface area contributed by atoms with E-state index in [0.29, 0.717) is 11.7 Å². The van der Waals surface area contributed by atoms with Crippen molar-refractivity contribution in [1.82, 2.24) is 10.2 Å². The first-order chi connectivity index (χ1) is 10.5. The smallest absolute Gasteiger partial charge is 0.240 e. The number of benzene rings is 1. The summed E-state index contributed by atoms with van der Waals surface area (Å²) in [6, 6.07) is 7.52. The molecule has 0 fully saturated rings. The molecule has 0 saturated carbocycles. The molecule has 1 rings (SSSR count). The highest BCUT2D eigenvalue weighted by atomic mass is 32.1. The van der Waals surface area contributed by atoms with Crippen LogP contribution in [-0.2, 0) is 4.79 Å². The highest BCUT2D eigenvalue weighted by Gasteiger charge is 2.06. The van der Waals surface area contributed by atoms with Gasteiger partial charge in [-0.15, -0.1) is 0 Å². The van der Waals surface area contributed by atoms with Crippen LogP contribution in [0.4, 0.5) is 5.69 Å². The Balaban J connectivity index is 2.37. The topological polar surface area (TPSA) is 53.6 Å². The van der Waals surface area contributed by atoms with Gasteiger partial charge in [0, 0.05) is 5.69 Å². The van der Waals surface area contributed by atoms with Gasteiger partial charge in [-0.1, -0.05) is 19.8 Å². The fraction of sp³-hybridized carbons (Fsp3) is 0.500. The monoisotopic (exact) mass is 323 g/mol. The number of thiocarbonyl (C=S) groups is 1. The molecule has 0 bridgehead atoms. The molecule has 0 unspecified atom stereocenters. The number of hydrogen-bond acceptors (Lipinski definition) is 4. The Morgan fingerprint density at radius 2 is 1.91 bits per heavy atom. The zero-order valence-electron chi connectivity index (χ0n) is 13.5. The molecule has 5 nitrogen and oxygen atoms in total. The predicted molar refractivity (Wildman–Crippen MR) is 94.4 cm³/mol. The third-order valence-corrected chi connectivity index (χ3v) is 3.05. The number of carbonyl (C=O) groups is 1. The van der Waals surface area contributed by atoms with E-state index >= 15 is 0 Å². The van der Waals surface area contributed by atoms with Crippen LogP contribution >= 0.6 is 12.2 Å². The van der Waals surface area contributed by atoms with E-state index in [9.17, 15) is 4.79 Å². The molecule has 0 aliphatic carbocycles. The molecule has 6 heteroatoms. The lowest BCUT2D eigenvalue weighted by Gasteiger charge is -2.12. The van der Waals surface area contributed by atoms with Gasteiger partial charge in [0.2, 0.25) is 5.91 Å². The van der Waals surface area contributed by atoms with Crippen LogP contribution in [-0.4, -0.2) is 43.2 Å². The van der Waals surface area contributed by atoms with Gasteiger partial charge < -0.3 is 20.3 Å². The van der Waals surface area contributed by atoms with Gasteiger partial charge in [0.1, 0.15) is 5.75 Å². The van der Waals surface area contributed by atoms with E-state index in [-0.39, 0.29) is 5.91 Å². The largest absolute Gasteiger partial charge is 0.494 e. The molecule has 122 valence electrons. The predicted octanol–water partition coefficient (Wildman–Crippen LogP) is 2.63. The number of nitrogens with zero attached hydrogens (tertiary/aromatic N) is 1. The summed E-state index contributed by atoms with van der Waals surface area (Å²) >= 11 is 5.10. The van der Waals surface area contributed by atoms with Crippen molar-refractivity contribution < 1.29 is 9.53 Å². The second-order valence-electron chi connectivity index (χ2n) is 5.32. The molecule has 1 amide bonds. The summed E-state index contributed by atoms with van der Waals surface area (Å²) in [4.78, 5) is 13.4. The number of amides is 1. The Labute approximate surface area is 138 Å². The summed E-state index contributed by atoms with van der Waals surface area (Å²) in [7, 11) is 3.66. The van der Waals surface area contributed by atoms with E-state index in [0.717, 1.165) is 24.5 Å². The number of rotatable bonds is 8. The average Bonchev–Trinajstić information content (AvgIpc) is 2.44. The molecule has 2 N–H and O–H groups in total. The van der Waals surface area contributed by atoms with Crippen LogP contribution in [0.2, 0.25) is 0 Å². The van der Waals surface area contributed by atoms with Crippen molar-refractivity contribution in [2.24, 2.45) is 0 Å². The van der Waals surface area contributed by atoms with Gasteiger partial charge in [-0.3, -0.25) is 4.79 Å². The first kappa shape index (κ1) is 18.4. The zero-order chi connectivity index (χ0) is 16.4. The maximum absolute atomic E-state index is 11.6. The van der Waals surface area contributed by atoms with Crippen LogP contribution in [0.3, 0.4) is 0 Å². The molecule has 0 heterocycles.